The van der Waals surface area contributed by atoms with Gasteiger partial charge >= 0.3 is 0 Å². The van der Waals surface area contributed by atoms with E-state index in [0.29, 0.717) is 11.5 Å². The van der Waals surface area contributed by atoms with Crippen LogP contribution in [0.1, 0.15) is 76.7 Å². The van der Waals surface area contributed by atoms with Crippen molar-refractivity contribution in [1.29, 1.82) is 0 Å². The van der Waals surface area contributed by atoms with Crippen molar-refractivity contribution in [2.45, 2.75) is 71.1 Å². The molecule has 0 aliphatic heterocycles. The predicted octanol–water partition coefficient (Wildman–Crippen LogP) is 5.80. The van der Waals surface area contributed by atoms with Crippen molar-refractivity contribution in [3.63, 3.8) is 0 Å². The van der Waals surface area contributed by atoms with E-state index in [1.807, 2.05) is 18.2 Å². The van der Waals surface area contributed by atoms with Crippen LogP contribution in [-0.2, 0) is 0 Å². The summed E-state index contributed by atoms with van der Waals surface area (Å²) < 4.78 is 10.6. The predicted molar refractivity (Wildman–Crippen MR) is 99.7 cm³/mol. The molecule has 1 rings (SSSR count). The molecule has 1 aromatic carbocycles. The molecule has 0 amide bonds. The molecule has 0 radical (unpaired) electrons. The Hall–Kier alpha value is -1.71. The topological polar surface area (TPSA) is 51.1 Å². The molecule has 4 nitrogen and oxygen atoms in total. The Morgan fingerprint density at radius 3 is 2.08 bits per heavy atom. The number of benzene rings is 1. The molecule has 0 aromatic heterocycles. The van der Waals surface area contributed by atoms with E-state index in [0.717, 1.165) is 24.2 Å². The molecular weight excluding hydrogens is 302 g/mol. The number of hydrogen-bond acceptors (Lipinski definition) is 4. The number of rotatable bonds is 13. The summed E-state index contributed by atoms with van der Waals surface area (Å²) >= 11 is 0. The molecule has 0 aliphatic carbocycles. The van der Waals surface area contributed by atoms with Crippen LogP contribution in [0.4, 0.5) is 0 Å². The van der Waals surface area contributed by atoms with E-state index in [9.17, 15) is 5.21 Å². The lowest BCUT2D eigenvalue weighted by atomic mass is 10.0. The summed E-state index contributed by atoms with van der Waals surface area (Å²) in [5.74, 6) is 1.41. The molecule has 0 saturated carbocycles. The molecule has 1 N–H and O–H groups in total. The van der Waals surface area contributed by atoms with Crippen LogP contribution in [0.3, 0.4) is 0 Å². The van der Waals surface area contributed by atoms with Crippen LogP contribution in [0.5, 0.6) is 11.5 Å². The van der Waals surface area contributed by atoms with E-state index in [-0.39, 0.29) is 0 Å². The van der Waals surface area contributed by atoms with Crippen molar-refractivity contribution >= 4 is 5.71 Å². The fourth-order valence-electron chi connectivity index (χ4n) is 2.88. The van der Waals surface area contributed by atoms with Gasteiger partial charge in [-0.2, -0.15) is 0 Å². The molecule has 0 unspecified atom stereocenters. The van der Waals surface area contributed by atoms with Crippen LogP contribution in [0, 0.1) is 0 Å². The zero-order valence-corrected chi connectivity index (χ0v) is 15.5. The smallest absolute Gasteiger partial charge is 0.131 e. The summed E-state index contributed by atoms with van der Waals surface area (Å²) in [6.45, 7) is 2.25. The average molecular weight is 335 g/mol. The Morgan fingerprint density at radius 1 is 0.917 bits per heavy atom. The highest BCUT2D eigenvalue weighted by Crippen LogP contribution is 2.26. The Balaban J connectivity index is 2.35. The van der Waals surface area contributed by atoms with Crippen LogP contribution in [-0.4, -0.2) is 25.1 Å². The van der Waals surface area contributed by atoms with Gasteiger partial charge in [-0.25, -0.2) is 0 Å². The van der Waals surface area contributed by atoms with Gasteiger partial charge in [0, 0.05) is 11.6 Å². The van der Waals surface area contributed by atoms with Gasteiger partial charge in [-0.05, 0) is 25.0 Å². The summed E-state index contributed by atoms with van der Waals surface area (Å²) in [7, 11) is 3.24. The number of ether oxygens (including phenoxy) is 2. The molecule has 0 bridgehead atoms. The van der Waals surface area contributed by atoms with Crippen molar-refractivity contribution in [1.82, 2.24) is 0 Å². The molecule has 136 valence electrons. The first-order valence-electron chi connectivity index (χ1n) is 9.20. The second-order valence-electron chi connectivity index (χ2n) is 6.19. The number of unbranched alkanes of at least 4 members (excludes halogenated alkanes) is 8. The molecule has 0 saturated heterocycles. The normalized spacial score (nSPS) is 11.5. The first kappa shape index (κ1) is 20.3. The molecule has 0 heterocycles. The van der Waals surface area contributed by atoms with Crippen molar-refractivity contribution in [3.8, 4) is 11.5 Å². The third-order valence-corrected chi connectivity index (χ3v) is 4.36. The molecule has 0 spiro atoms. The molecule has 0 fully saturated rings. The van der Waals surface area contributed by atoms with E-state index in [1.54, 1.807) is 14.2 Å². The molecule has 1 aromatic rings. The lowest BCUT2D eigenvalue weighted by molar-refractivity contribution is 0.317. The molecule has 4 heteroatoms. The highest BCUT2D eigenvalue weighted by Gasteiger charge is 2.12. The van der Waals surface area contributed by atoms with Crippen LogP contribution in [0.25, 0.3) is 0 Å². The van der Waals surface area contributed by atoms with Crippen LogP contribution >= 0.6 is 0 Å². The summed E-state index contributed by atoms with van der Waals surface area (Å²) in [5, 5.41) is 12.8. The second-order valence-corrected chi connectivity index (χ2v) is 6.19. The summed E-state index contributed by atoms with van der Waals surface area (Å²) in [6.07, 6.45) is 12.3. The van der Waals surface area contributed by atoms with Gasteiger partial charge in [0.15, 0.2) is 0 Å². The molecular formula is C20H33NO3. The number of nitrogens with zero attached hydrogens (tertiary/aromatic N) is 1. The lowest BCUT2D eigenvalue weighted by Crippen LogP contribution is -2.04. The number of hydrogen-bond donors (Lipinski definition) is 1. The molecule has 0 atom stereocenters. The van der Waals surface area contributed by atoms with Gasteiger partial charge in [-0.15, -0.1) is 0 Å². The number of oxime groups is 1. The zero-order chi connectivity index (χ0) is 17.6. The van der Waals surface area contributed by atoms with E-state index < -0.39 is 0 Å². The van der Waals surface area contributed by atoms with Gasteiger partial charge < -0.3 is 14.7 Å². The molecule has 24 heavy (non-hydrogen) atoms. The highest BCUT2D eigenvalue weighted by molar-refractivity contribution is 6.02. The van der Waals surface area contributed by atoms with Crippen molar-refractivity contribution in [2.24, 2.45) is 5.16 Å². The maximum atomic E-state index is 9.35. The summed E-state index contributed by atoms with van der Waals surface area (Å²) in [6, 6.07) is 5.57. The van der Waals surface area contributed by atoms with Crippen molar-refractivity contribution in [3.05, 3.63) is 23.8 Å². The first-order valence-corrected chi connectivity index (χ1v) is 9.20. The fraction of sp³-hybridized carbons (Fsp3) is 0.650. The minimum Gasteiger partial charge on any atom is -0.497 e. The largest absolute Gasteiger partial charge is 0.497 e. The number of methoxy groups -OCH3 is 2. The second kappa shape index (κ2) is 12.7. The minimum atomic E-state index is 0.678. The highest BCUT2D eigenvalue weighted by atomic mass is 16.5. The Morgan fingerprint density at radius 2 is 1.54 bits per heavy atom. The van der Waals surface area contributed by atoms with Gasteiger partial charge in [0.1, 0.15) is 11.5 Å². The third kappa shape index (κ3) is 7.24. The van der Waals surface area contributed by atoms with E-state index >= 15 is 0 Å². The summed E-state index contributed by atoms with van der Waals surface area (Å²) in [4.78, 5) is 0. The minimum absolute atomic E-state index is 0.678. The monoisotopic (exact) mass is 335 g/mol. The van der Waals surface area contributed by atoms with Crippen LogP contribution in [0.15, 0.2) is 23.4 Å². The van der Waals surface area contributed by atoms with E-state index in [2.05, 4.69) is 12.1 Å². The zero-order valence-electron chi connectivity index (χ0n) is 15.5. The van der Waals surface area contributed by atoms with Crippen molar-refractivity contribution < 1.29 is 14.7 Å². The van der Waals surface area contributed by atoms with Gasteiger partial charge in [-0.1, -0.05) is 63.4 Å². The first-order chi connectivity index (χ1) is 11.8. The Bertz CT molecular complexity index is 486. The molecule has 0 aliphatic rings. The van der Waals surface area contributed by atoms with Crippen LogP contribution < -0.4 is 9.47 Å². The van der Waals surface area contributed by atoms with Gasteiger partial charge in [0.05, 0.1) is 19.9 Å². The Kier molecular flexibility index (Phi) is 10.7. The quantitative estimate of drug-likeness (QED) is 0.214. The van der Waals surface area contributed by atoms with Crippen molar-refractivity contribution in [2.75, 3.05) is 14.2 Å². The average Bonchev–Trinajstić information content (AvgIpc) is 2.63. The van der Waals surface area contributed by atoms with E-state index in [1.165, 1.54) is 51.4 Å². The maximum Gasteiger partial charge on any atom is 0.131 e. The Labute approximate surface area is 146 Å². The fourth-order valence-corrected chi connectivity index (χ4v) is 2.88. The maximum absolute atomic E-state index is 9.35. The SMILES string of the molecule is CCCCCCCCCCC/C(=N\O)c1ccc(OC)cc1OC. The van der Waals surface area contributed by atoms with Gasteiger partial charge in [-0.3, -0.25) is 0 Å². The van der Waals surface area contributed by atoms with Gasteiger partial charge in [0.2, 0.25) is 0 Å². The lowest BCUT2D eigenvalue weighted by Gasteiger charge is -2.11. The van der Waals surface area contributed by atoms with Gasteiger partial charge in [0.25, 0.3) is 0 Å². The summed E-state index contributed by atoms with van der Waals surface area (Å²) in [5.41, 5.74) is 1.51. The van der Waals surface area contributed by atoms with Crippen LogP contribution in [0.2, 0.25) is 0 Å². The third-order valence-electron chi connectivity index (χ3n) is 4.36. The van der Waals surface area contributed by atoms with E-state index in [4.69, 9.17) is 9.47 Å². The standard InChI is InChI=1S/C20H33NO3/c1-4-5-6-7-8-9-10-11-12-13-19(21-22)18-15-14-17(23-2)16-20(18)24-3/h14-16,22H,4-13H2,1-3H3/b21-19+.